The van der Waals surface area contributed by atoms with Crippen molar-refractivity contribution in [3.63, 3.8) is 0 Å². The molecule has 1 rings (SSSR count). The van der Waals surface area contributed by atoms with Gasteiger partial charge in [0.05, 0.1) is 4.92 Å². The quantitative estimate of drug-likeness (QED) is 0.419. The second-order valence-corrected chi connectivity index (χ2v) is 3.01. The monoisotopic (exact) mass is 193 g/mol. The van der Waals surface area contributed by atoms with Crippen molar-refractivity contribution >= 4 is 12.0 Å². The van der Waals surface area contributed by atoms with Crippen LogP contribution in [0, 0.1) is 10.1 Å². The van der Waals surface area contributed by atoms with E-state index in [-0.39, 0.29) is 5.69 Å². The van der Waals surface area contributed by atoms with E-state index in [9.17, 15) is 14.9 Å². The molecule has 14 heavy (non-hydrogen) atoms. The van der Waals surface area contributed by atoms with Crippen LogP contribution in [0.4, 0.5) is 5.69 Å². The maximum atomic E-state index is 10.6. The number of hydrogen-bond acceptors (Lipinski definition) is 3. The van der Waals surface area contributed by atoms with Gasteiger partial charge in [-0.1, -0.05) is 13.3 Å². The number of nitrogens with zero attached hydrogens (tertiary/aromatic N) is 1. The molecule has 0 aromatic heterocycles. The van der Waals surface area contributed by atoms with E-state index < -0.39 is 4.92 Å². The fourth-order valence-corrected chi connectivity index (χ4v) is 1.31. The van der Waals surface area contributed by atoms with E-state index in [1.54, 1.807) is 0 Å². The summed E-state index contributed by atoms with van der Waals surface area (Å²) >= 11 is 0. The molecule has 4 heteroatoms. The number of carbonyl (C=O) groups is 1. The van der Waals surface area contributed by atoms with E-state index in [0.717, 1.165) is 18.3 Å². The topological polar surface area (TPSA) is 60.2 Å². The molecule has 0 saturated heterocycles. The third-order valence-corrected chi connectivity index (χ3v) is 1.98. The second kappa shape index (κ2) is 4.50. The summed E-state index contributed by atoms with van der Waals surface area (Å²) in [6.07, 6.45) is 2.28. The van der Waals surface area contributed by atoms with Crippen LogP contribution in [0.3, 0.4) is 0 Å². The molecule has 1 aromatic rings. The summed E-state index contributed by atoms with van der Waals surface area (Å²) in [6.45, 7) is 1.97. The van der Waals surface area contributed by atoms with Gasteiger partial charge in [0.2, 0.25) is 0 Å². The summed E-state index contributed by atoms with van der Waals surface area (Å²) in [5, 5.41) is 10.5. The molecule has 0 amide bonds. The van der Waals surface area contributed by atoms with Crippen LogP contribution in [0.1, 0.15) is 29.3 Å². The van der Waals surface area contributed by atoms with Crippen LogP contribution in [0.15, 0.2) is 18.2 Å². The van der Waals surface area contributed by atoms with Crippen molar-refractivity contribution in [1.82, 2.24) is 0 Å². The number of nitro groups is 1. The van der Waals surface area contributed by atoms with Gasteiger partial charge in [-0.25, -0.2) is 0 Å². The molecule has 0 unspecified atom stereocenters. The lowest BCUT2D eigenvalue weighted by atomic mass is 10.0. The van der Waals surface area contributed by atoms with Gasteiger partial charge >= 0.3 is 0 Å². The van der Waals surface area contributed by atoms with Crippen LogP contribution in [0.25, 0.3) is 0 Å². The number of aldehydes is 1. The van der Waals surface area contributed by atoms with Gasteiger partial charge in [0, 0.05) is 17.7 Å². The molecule has 0 bridgehead atoms. The summed E-state index contributed by atoms with van der Waals surface area (Å²) in [5.41, 5.74) is 1.33. The van der Waals surface area contributed by atoms with E-state index in [1.807, 2.05) is 6.92 Å². The van der Waals surface area contributed by atoms with Crippen molar-refractivity contribution < 1.29 is 9.72 Å². The lowest BCUT2D eigenvalue weighted by Crippen LogP contribution is -1.95. The summed E-state index contributed by atoms with van der Waals surface area (Å²) in [6, 6.07) is 4.31. The highest BCUT2D eigenvalue weighted by Crippen LogP contribution is 2.17. The zero-order valence-corrected chi connectivity index (χ0v) is 7.90. The average molecular weight is 193 g/mol. The van der Waals surface area contributed by atoms with E-state index >= 15 is 0 Å². The van der Waals surface area contributed by atoms with Gasteiger partial charge in [-0.2, -0.15) is 0 Å². The molecule has 0 N–H and O–H groups in total. The van der Waals surface area contributed by atoms with Crippen molar-refractivity contribution in [2.45, 2.75) is 19.8 Å². The Kier molecular flexibility index (Phi) is 3.34. The largest absolute Gasteiger partial charge is 0.298 e. The zero-order chi connectivity index (χ0) is 10.6. The Hall–Kier alpha value is -1.71. The molecule has 0 atom stereocenters. The van der Waals surface area contributed by atoms with Gasteiger partial charge in [-0.3, -0.25) is 14.9 Å². The van der Waals surface area contributed by atoms with E-state index in [4.69, 9.17) is 0 Å². The minimum absolute atomic E-state index is 0.0408. The highest BCUT2D eigenvalue weighted by Gasteiger charge is 2.09. The van der Waals surface area contributed by atoms with E-state index in [0.29, 0.717) is 12.0 Å². The number of nitro benzene ring substituents is 1. The molecule has 4 nitrogen and oxygen atoms in total. The molecular weight excluding hydrogens is 182 g/mol. The highest BCUT2D eigenvalue weighted by atomic mass is 16.6. The van der Waals surface area contributed by atoms with Gasteiger partial charge in [0.15, 0.2) is 0 Å². The summed E-state index contributed by atoms with van der Waals surface area (Å²) in [5.74, 6) is 0. The number of hydrogen-bond donors (Lipinski definition) is 0. The molecule has 0 aliphatic heterocycles. The lowest BCUT2D eigenvalue weighted by Gasteiger charge is -2.01. The Bertz CT molecular complexity index is 360. The number of aryl methyl sites for hydroxylation is 1. The Labute approximate surface area is 81.7 Å². The number of carbonyl (C=O) groups excluding carboxylic acids is 1. The molecular formula is C10H11NO3. The molecule has 0 aliphatic rings. The first-order chi connectivity index (χ1) is 6.69. The minimum atomic E-state index is -0.451. The number of benzene rings is 1. The van der Waals surface area contributed by atoms with Crippen LogP contribution in [-0.4, -0.2) is 11.2 Å². The van der Waals surface area contributed by atoms with E-state index in [1.165, 1.54) is 18.2 Å². The van der Waals surface area contributed by atoms with Crippen molar-refractivity contribution in [2.24, 2.45) is 0 Å². The van der Waals surface area contributed by atoms with Crippen molar-refractivity contribution in [3.05, 3.63) is 39.4 Å². The molecule has 0 saturated carbocycles. The SMILES string of the molecule is CCCc1cc([N+](=O)[O-])ccc1C=O. The molecule has 1 aromatic carbocycles. The van der Waals surface area contributed by atoms with Crippen molar-refractivity contribution in [3.8, 4) is 0 Å². The van der Waals surface area contributed by atoms with Gasteiger partial charge < -0.3 is 0 Å². The predicted molar refractivity (Wildman–Crippen MR) is 52.5 cm³/mol. The van der Waals surface area contributed by atoms with Gasteiger partial charge in [0.1, 0.15) is 6.29 Å². The van der Waals surface area contributed by atoms with Gasteiger partial charge in [0.25, 0.3) is 5.69 Å². The second-order valence-electron chi connectivity index (χ2n) is 3.01. The van der Waals surface area contributed by atoms with Crippen LogP contribution >= 0.6 is 0 Å². The third-order valence-electron chi connectivity index (χ3n) is 1.98. The Morgan fingerprint density at radius 3 is 2.71 bits per heavy atom. The predicted octanol–water partition coefficient (Wildman–Crippen LogP) is 2.36. The van der Waals surface area contributed by atoms with Crippen LogP contribution in [0.2, 0.25) is 0 Å². The van der Waals surface area contributed by atoms with Crippen molar-refractivity contribution in [1.29, 1.82) is 0 Å². The normalized spacial score (nSPS) is 9.79. The van der Waals surface area contributed by atoms with Crippen molar-refractivity contribution in [2.75, 3.05) is 0 Å². The van der Waals surface area contributed by atoms with Gasteiger partial charge in [-0.05, 0) is 18.1 Å². The molecule has 0 aliphatic carbocycles. The standard InChI is InChI=1S/C10H11NO3/c1-2-3-8-6-10(11(13)14)5-4-9(8)7-12/h4-7H,2-3H2,1H3. The first-order valence-corrected chi connectivity index (χ1v) is 4.41. The first-order valence-electron chi connectivity index (χ1n) is 4.41. The number of rotatable bonds is 4. The lowest BCUT2D eigenvalue weighted by molar-refractivity contribution is -0.384. The molecule has 0 spiro atoms. The molecule has 0 fully saturated rings. The maximum absolute atomic E-state index is 10.6. The first kappa shape index (κ1) is 10.4. The summed E-state index contributed by atoms with van der Waals surface area (Å²) in [7, 11) is 0. The third kappa shape index (κ3) is 2.16. The van der Waals surface area contributed by atoms with Crippen LogP contribution in [0.5, 0.6) is 0 Å². The van der Waals surface area contributed by atoms with Crippen LogP contribution < -0.4 is 0 Å². The molecule has 74 valence electrons. The van der Waals surface area contributed by atoms with E-state index in [2.05, 4.69) is 0 Å². The van der Waals surface area contributed by atoms with Gasteiger partial charge in [-0.15, -0.1) is 0 Å². The highest BCUT2D eigenvalue weighted by molar-refractivity contribution is 5.78. The Morgan fingerprint density at radius 2 is 2.21 bits per heavy atom. The van der Waals surface area contributed by atoms with Crippen LogP contribution in [-0.2, 0) is 6.42 Å². The summed E-state index contributed by atoms with van der Waals surface area (Å²) < 4.78 is 0. The fourth-order valence-electron chi connectivity index (χ4n) is 1.31. The fraction of sp³-hybridized carbons (Fsp3) is 0.300. The maximum Gasteiger partial charge on any atom is 0.269 e. The Balaban J connectivity index is 3.13. The minimum Gasteiger partial charge on any atom is -0.298 e. The average Bonchev–Trinajstić information content (AvgIpc) is 2.18. The number of non-ortho nitro benzene ring substituents is 1. The Morgan fingerprint density at radius 1 is 1.50 bits per heavy atom. The summed E-state index contributed by atoms with van der Waals surface area (Å²) in [4.78, 5) is 20.6. The smallest absolute Gasteiger partial charge is 0.269 e. The molecule has 0 heterocycles. The molecule has 0 radical (unpaired) electrons. The zero-order valence-electron chi connectivity index (χ0n) is 7.90.